The van der Waals surface area contributed by atoms with Crippen molar-refractivity contribution in [1.82, 2.24) is 9.97 Å². The number of nitrogens with zero attached hydrogens (tertiary/aromatic N) is 2. The van der Waals surface area contributed by atoms with Crippen molar-refractivity contribution in [3.05, 3.63) is 35.1 Å². The molecule has 0 atom stereocenters. The molecule has 0 fully saturated rings. The third-order valence-electron chi connectivity index (χ3n) is 2.27. The van der Waals surface area contributed by atoms with Crippen LogP contribution >= 0.6 is 27.7 Å². The Morgan fingerprint density at radius 3 is 2.78 bits per heavy atom. The van der Waals surface area contributed by atoms with Crippen molar-refractivity contribution in [2.75, 3.05) is 19.5 Å². The van der Waals surface area contributed by atoms with E-state index in [1.165, 1.54) is 18.1 Å². The van der Waals surface area contributed by atoms with Crippen LogP contribution in [0.3, 0.4) is 0 Å². The number of benzene rings is 1. The van der Waals surface area contributed by atoms with Crippen molar-refractivity contribution in [2.45, 2.75) is 9.92 Å². The zero-order chi connectivity index (χ0) is 13.0. The summed E-state index contributed by atoms with van der Waals surface area (Å²) in [6, 6.07) is 7.84. The number of halogens is 1. The maximum atomic E-state index is 5.32. The molecule has 1 aromatic carbocycles. The van der Waals surface area contributed by atoms with Gasteiger partial charge in [-0.05, 0) is 28.1 Å². The van der Waals surface area contributed by atoms with E-state index in [4.69, 9.17) is 4.74 Å². The van der Waals surface area contributed by atoms with Crippen molar-refractivity contribution in [3.8, 4) is 5.75 Å². The lowest BCUT2D eigenvalue weighted by Gasteiger charge is -2.09. The van der Waals surface area contributed by atoms with Crippen LogP contribution < -0.4 is 10.1 Å². The van der Waals surface area contributed by atoms with Gasteiger partial charge in [-0.3, -0.25) is 0 Å². The van der Waals surface area contributed by atoms with E-state index in [1.807, 2.05) is 31.3 Å². The Bertz CT molecular complexity index is 551. The molecule has 6 heteroatoms. The highest BCUT2D eigenvalue weighted by Crippen LogP contribution is 2.38. The fourth-order valence-electron chi connectivity index (χ4n) is 1.41. The molecule has 2 aromatic rings. The van der Waals surface area contributed by atoms with Crippen LogP contribution in [0.4, 0.5) is 5.82 Å². The molecule has 94 valence electrons. The van der Waals surface area contributed by atoms with Crippen LogP contribution in [0.1, 0.15) is 0 Å². The molecule has 0 aliphatic heterocycles. The van der Waals surface area contributed by atoms with Crippen LogP contribution in [-0.4, -0.2) is 24.1 Å². The van der Waals surface area contributed by atoms with E-state index >= 15 is 0 Å². The molecule has 1 heterocycles. The zero-order valence-corrected chi connectivity index (χ0v) is 12.4. The van der Waals surface area contributed by atoms with Gasteiger partial charge in [0.2, 0.25) is 0 Å². The Morgan fingerprint density at radius 2 is 2.06 bits per heavy atom. The molecule has 0 aliphatic carbocycles. The second kappa shape index (κ2) is 6.06. The number of aromatic nitrogens is 2. The second-order valence-corrected chi connectivity index (χ2v) is 5.17. The molecule has 2 rings (SSSR count). The first-order valence-corrected chi connectivity index (χ1v) is 6.86. The van der Waals surface area contributed by atoms with E-state index < -0.39 is 0 Å². The molecule has 1 aromatic heterocycles. The van der Waals surface area contributed by atoms with Gasteiger partial charge in [0, 0.05) is 7.05 Å². The summed E-state index contributed by atoms with van der Waals surface area (Å²) in [5.74, 6) is 1.60. The first-order valence-electron chi connectivity index (χ1n) is 5.25. The van der Waals surface area contributed by atoms with Crippen LogP contribution in [0.5, 0.6) is 5.75 Å². The molecule has 0 bridgehead atoms. The molecule has 0 radical (unpaired) electrons. The predicted molar refractivity (Wildman–Crippen MR) is 76.4 cm³/mol. The maximum absolute atomic E-state index is 5.32. The van der Waals surface area contributed by atoms with E-state index in [-0.39, 0.29) is 0 Å². The third kappa shape index (κ3) is 2.76. The van der Waals surface area contributed by atoms with Crippen LogP contribution in [0.15, 0.2) is 45.0 Å². The Morgan fingerprint density at radius 1 is 1.28 bits per heavy atom. The summed E-state index contributed by atoms with van der Waals surface area (Å²) in [5, 5.41) is 3.85. The van der Waals surface area contributed by atoms with Gasteiger partial charge in [0.05, 0.1) is 16.5 Å². The lowest BCUT2D eigenvalue weighted by Crippen LogP contribution is -1.96. The first kappa shape index (κ1) is 13.2. The molecular formula is C12H12BrN3OS. The minimum atomic E-state index is 0.766. The standard InChI is InChI=1S/C12H12BrN3OS/c1-14-11-10(13)12(16-7-15-11)18-9-6-4-3-5-8(9)17-2/h3-7H,1-2H3,(H,14,15,16). The number of anilines is 1. The smallest absolute Gasteiger partial charge is 0.144 e. The minimum Gasteiger partial charge on any atom is -0.496 e. The average Bonchev–Trinajstić information content (AvgIpc) is 2.42. The van der Waals surface area contributed by atoms with E-state index in [9.17, 15) is 0 Å². The molecule has 0 saturated carbocycles. The summed E-state index contributed by atoms with van der Waals surface area (Å²) < 4.78 is 6.17. The fourth-order valence-corrected chi connectivity index (χ4v) is 2.95. The monoisotopic (exact) mass is 325 g/mol. The van der Waals surface area contributed by atoms with Crippen molar-refractivity contribution in [2.24, 2.45) is 0 Å². The van der Waals surface area contributed by atoms with Gasteiger partial charge < -0.3 is 10.1 Å². The van der Waals surface area contributed by atoms with Gasteiger partial charge in [0.25, 0.3) is 0 Å². The van der Waals surface area contributed by atoms with Crippen LogP contribution in [0, 0.1) is 0 Å². The number of rotatable bonds is 4. The summed E-state index contributed by atoms with van der Waals surface area (Å²) >= 11 is 5.03. The quantitative estimate of drug-likeness (QED) is 0.872. The number of hydrogen-bond donors (Lipinski definition) is 1. The summed E-state index contributed by atoms with van der Waals surface area (Å²) in [6.07, 6.45) is 1.54. The number of nitrogens with one attached hydrogen (secondary N) is 1. The van der Waals surface area contributed by atoms with Crippen molar-refractivity contribution < 1.29 is 4.74 Å². The SMILES string of the molecule is CNc1ncnc(Sc2ccccc2OC)c1Br. The highest BCUT2D eigenvalue weighted by atomic mass is 79.9. The molecule has 1 N–H and O–H groups in total. The number of para-hydroxylation sites is 1. The van der Waals surface area contributed by atoms with E-state index in [0.29, 0.717) is 0 Å². The molecule has 18 heavy (non-hydrogen) atoms. The Labute approximate surface area is 118 Å². The van der Waals surface area contributed by atoms with Crippen LogP contribution in [-0.2, 0) is 0 Å². The summed E-state index contributed by atoms with van der Waals surface area (Å²) in [5.41, 5.74) is 0. The lowest BCUT2D eigenvalue weighted by molar-refractivity contribution is 0.405. The third-order valence-corrected chi connectivity index (χ3v) is 4.34. The molecule has 0 aliphatic rings. The zero-order valence-electron chi connectivity index (χ0n) is 9.98. The number of ether oxygens (including phenoxy) is 1. The predicted octanol–water partition coefficient (Wildman–Crippen LogP) is 3.44. The summed E-state index contributed by atoms with van der Waals surface area (Å²) in [4.78, 5) is 9.41. The first-order chi connectivity index (χ1) is 8.76. The van der Waals surface area contributed by atoms with E-state index in [0.717, 1.165) is 26.0 Å². The van der Waals surface area contributed by atoms with Gasteiger partial charge in [0.1, 0.15) is 22.9 Å². The lowest BCUT2D eigenvalue weighted by atomic mass is 10.3. The van der Waals surface area contributed by atoms with Gasteiger partial charge in [-0.1, -0.05) is 23.9 Å². The molecule has 0 amide bonds. The average molecular weight is 326 g/mol. The van der Waals surface area contributed by atoms with E-state index in [2.05, 4.69) is 31.2 Å². The van der Waals surface area contributed by atoms with Gasteiger partial charge in [-0.15, -0.1) is 0 Å². The number of hydrogen-bond acceptors (Lipinski definition) is 5. The summed E-state index contributed by atoms with van der Waals surface area (Å²) in [7, 11) is 3.48. The highest BCUT2D eigenvalue weighted by Gasteiger charge is 2.11. The van der Waals surface area contributed by atoms with Crippen LogP contribution in [0.25, 0.3) is 0 Å². The van der Waals surface area contributed by atoms with Crippen molar-refractivity contribution in [1.29, 1.82) is 0 Å². The highest BCUT2D eigenvalue weighted by molar-refractivity contribution is 9.10. The van der Waals surface area contributed by atoms with Gasteiger partial charge >= 0.3 is 0 Å². The fraction of sp³-hybridized carbons (Fsp3) is 0.167. The van der Waals surface area contributed by atoms with Gasteiger partial charge in [0.15, 0.2) is 0 Å². The topological polar surface area (TPSA) is 47.0 Å². The molecule has 0 unspecified atom stereocenters. The van der Waals surface area contributed by atoms with Crippen molar-refractivity contribution >= 4 is 33.5 Å². The van der Waals surface area contributed by atoms with Crippen molar-refractivity contribution in [3.63, 3.8) is 0 Å². The van der Waals surface area contributed by atoms with E-state index in [1.54, 1.807) is 7.11 Å². The molecule has 0 saturated heterocycles. The Hall–Kier alpha value is -1.27. The Balaban J connectivity index is 2.34. The molecular weight excluding hydrogens is 314 g/mol. The second-order valence-electron chi connectivity index (χ2n) is 3.34. The Kier molecular flexibility index (Phi) is 4.43. The largest absolute Gasteiger partial charge is 0.496 e. The minimum absolute atomic E-state index is 0.766. The van der Waals surface area contributed by atoms with Gasteiger partial charge in [-0.2, -0.15) is 0 Å². The summed E-state index contributed by atoms with van der Waals surface area (Å²) in [6.45, 7) is 0. The molecule has 0 spiro atoms. The molecule has 4 nitrogen and oxygen atoms in total. The van der Waals surface area contributed by atoms with Crippen LogP contribution in [0.2, 0.25) is 0 Å². The maximum Gasteiger partial charge on any atom is 0.144 e. The van der Waals surface area contributed by atoms with Gasteiger partial charge in [-0.25, -0.2) is 9.97 Å². The number of methoxy groups -OCH3 is 1. The normalized spacial score (nSPS) is 10.2.